The summed E-state index contributed by atoms with van der Waals surface area (Å²) in [6.45, 7) is 5.15. The van der Waals surface area contributed by atoms with Gasteiger partial charge in [0.25, 0.3) is 0 Å². The van der Waals surface area contributed by atoms with E-state index in [1.807, 2.05) is 12.3 Å². The van der Waals surface area contributed by atoms with Gasteiger partial charge in [0.1, 0.15) is 12.1 Å². The third kappa shape index (κ3) is 4.48. The highest BCUT2D eigenvalue weighted by Crippen LogP contribution is 2.29. The molecule has 1 fully saturated rings. The first-order valence-corrected chi connectivity index (χ1v) is 8.29. The van der Waals surface area contributed by atoms with Gasteiger partial charge >= 0.3 is 0 Å². The van der Waals surface area contributed by atoms with Gasteiger partial charge in [-0.2, -0.15) is 0 Å². The Hall–Kier alpha value is -2.01. The van der Waals surface area contributed by atoms with Crippen molar-refractivity contribution < 1.29 is 4.74 Å². The first kappa shape index (κ1) is 15.9. The lowest BCUT2D eigenvalue weighted by Crippen LogP contribution is -2.30. The summed E-state index contributed by atoms with van der Waals surface area (Å²) in [4.78, 5) is 12.9. The molecular weight excluding hydrogens is 288 g/mol. The molecule has 0 unspecified atom stereocenters. The largest absolute Gasteiger partial charge is 0.373 e. The number of pyridine rings is 1. The molecule has 2 aromatic heterocycles. The summed E-state index contributed by atoms with van der Waals surface area (Å²) in [5.74, 6) is 1.50. The number of aromatic nitrogens is 3. The fourth-order valence-corrected chi connectivity index (χ4v) is 2.94. The summed E-state index contributed by atoms with van der Waals surface area (Å²) < 4.78 is 5.90. The van der Waals surface area contributed by atoms with Crippen LogP contribution in [0.4, 0.5) is 5.82 Å². The zero-order valence-corrected chi connectivity index (χ0v) is 13.8. The number of hydrogen-bond acceptors (Lipinski definition) is 5. The molecule has 0 bridgehead atoms. The molecule has 0 radical (unpaired) electrons. The van der Waals surface area contributed by atoms with Crippen LogP contribution < -0.4 is 5.32 Å². The molecule has 1 aliphatic heterocycles. The minimum absolute atomic E-state index is 0.104. The predicted octanol–water partition coefficient (Wildman–Crippen LogP) is 3.40. The van der Waals surface area contributed by atoms with E-state index in [1.54, 1.807) is 12.5 Å². The number of hydrogen-bond donors (Lipinski definition) is 1. The summed E-state index contributed by atoms with van der Waals surface area (Å²) >= 11 is 0. The van der Waals surface area contributed by atoms with Gasteiger partial charge in [-0.1, -0.05) is 19.9 Å². The minimum atomic E-state index is 0.104. The number of ether oxygens (including phenoxy) is 1. The molecule has 1 aliphatic rings. The molecule has 2 atom stereocenters. The monoisotopic (exact) mass is 312 g/mol. The van der Waals surface area contributed by atoms with Crippen LogP contribution in [-0.4, -0.2) is 27.6 Å². The summed E-state index contributed by atoms with van der Waals surface area (Å²) in [7, 11) is 0. The van der Waals surface area contributed by atoms with Gasteiger partial charge in [-0.05, 0) is 36.8 Å². The summed E-state index contributed by atoms with van der Waals surface area (Å²) in [5, 5.41) is 3.54. The summed E-state index contributed by atoms with van der Waals surface area (Å²) in [6, 6.07) is 6.45. The van der Waals surface area contributed by atoms with Gasteiger partial charge in [-0.3, -0.25) is 4.98 Å². The van der Waals surface area contributed by atoms with Crippen LogP contribution in [0, 0.1) is 5.92 Å². The summed E-state index contributed by atoms with van der Waals surface area (Å²) in [5.41, 5.74) is 2.23. The molecule has 0 spiro atoms. The van der Waals surface area contributed by atoms with E-state index in [0.717, 1.165) is 42.9 Å². The molecule has 3 heterocycles. The predicted molar refractivity (Wildman–Crippen MR) is 90.1 cm³/mol. The fraction of sp³-hybridized carbons (Fsp3) is 0.500. The summed E-state index contributed by atoms with van der Waals surface area (Å²) in [6.07, 6.45) is 8.32. The lowest BCUT2D eigenvalue weighted by atomic mass is 9.98. The van der Waals surface area contributed by atoms with Crippen molar-refractivity contribution in [1.29, 1.82) is 0 Å². The van der Waals surface area contributed by atoms with Gasteiger partial charge in [0.2, 0.25) is 0 Å². The molecule has 0 amide bonds. The maximum absolute atomic E-state index is 5.90. The van der Waals surface area contributed by atoms with Crippen molar-refractivity contribution in [3.05, 3.63) is 48.2 Å². The van der Waals surface area contributed by atoms with E-state index in [1.165, 1.54) is 0 Å². The zero-order valence-electron chi connectivity index (χ0n) is 13.8. The first-order valence-electron chi connectivity index (χ1n) is 8.29. The molecule has 23 heavy (non-hydrogen) atoms. The Labute approximate surface area is 137 Å². The highest BCUT2D eigenvalue weighted by atomic mass is 16.5. The van der Waals surface area contributed by atoms with E-state index < -0.39 is 0 Å². The Balaban J connectivity index is 1.63. The Morgan fingerprint density at radius 3 is 3.04 bits per heavy atom. The lowest BCUT2D eigenvalue weighted by molar-refractivity contribution is 0.00955. The normalized spacial score (nSPS) is 21.3. The molecule has 3 rings (SSSR count). The number of rotatable bonds is 5. The SMILES string of the molecule is CC(C)Cc1cc(N[C@@H]2CCO[C@@H](c3cccnc3)C2)ncn1. The molecule has 5 nitrogen and oxygen atoms in total. The van der Waals surface area contributed by atoms with Crippen LogP contribution in [0.1, 0.15) is 44.1 Å². The second kappa shape index (κ2) is 7.51. The van der Waals surface area contributed by atoms with Gasteiger partial charge in [-0.15, -0.1) is 0 Å². The maximum atomic E-state index is 5.90. The van der Waals surface area contributed by atoms with Gasteiger partial charge in [0.05, 0.1) is 6.10 Å². The Morgan fingerprint density at radius 2 is 2.26 bits per heavy atom. The average molecular weight is 312 g/mol. The van der Waals surface area contributed by atoms with Crippen molar-refractivity contribution in [1.82, 2.24) is 15.0 Å². The zero-order chi connectivity index (χ0) is 16.1. The second-order valence-corrected chi connectivity index (χ2v) is 6.50. The van der Waals surface area contributed by atoms with E-state index >= 15 is 0 Å². The molecule has 0 saturated carbocycles. The van der Waals surface area contributed by atoms with Gasteiger partial charge in [-0.25, -0.2) is 9.97 Å². The van der Waals surface area contributed by atoms with Gasteiger partial charge < -0.3 is 10.1 Å². The van der Waals surface area contributed by atoms with Crippen LogP contribution in [0.5, 0.6) is 0 Å². The molecular formula is C18H24N4O. The Bertz CT molecular complexity index is 617. The van der Waals surface area contributed by atoms with E-state index in [-0.39, 0.29) is 6.10 Å². The third-order valence-corrected chi connectivity index (χ3v) is 4.03. The molecule has 0 aliphatic carbocycles. The van der Waals surface area contributed by atoms with E-state index in [9.17, 15) is 0 Å². The van der Waals surface area contributed by atoms with Crippen LogP contribution in [0.3, 0.4) is 0 Å². The quantitative estimate of drug-likeness (QED) is 0.917. The molecule has 1 saturated heterocycles. The van der Waals surface area contributed by atoms with E-state index in [2.05, 4.69) is 46.2 Å². The van der Waals surface area contributed by atoms with Crippen molar-refractivity contribution >= 4 is 5.82 Å². The number of nitrogens with zero attached hydrogens (tertiary/aromatic N) is 3. The van der Waals surface area contributed by atoms with Crippen molar-refractivity contribution in [2.24, 2.45) is 5.92 Å². The maximum Gasteiger partial charge on any atom is 0.129 e. The molecule has 1 N–H and O–H groups in total. The molecule has 5 heteroatoms. The Morgan fingerprint density at radius 1 is 1.35 bits per heavy atom. The van der Waals surface area contributed by atoms with E-state index in [4.69, 9.17) is 4.74 Å². The van der Waals surface area contributed by atoms with Crippen molar-refractivity contribution in [2.75, 3.05) is 11.9 Å². The van der Waals surface area contributed by atoms with Crippen LogP contribution >= 0.6 is 0 Å². The standard InChI is InChI=1S/C18H24N4O/c1-13(2)8-16-10-18(21-12-20-16)22-15-5-7-23-17(9-15)14-4-3-6-19-11-14/h3-4,6,10-13,15,17H,5,7-9H2,1-2H3,(H,20,21,22)/t15-,17-/m1/s1. The smallest absolute Gasteiger partial charge is 0.129 e. The van der Waals surface area contributed by atoms with Crippen LogP contribution in [-0.2, 0) is 11.2 Å². The molecule has 122 valence electrons. The first-order chi connectivity index (χ1) is 11.2. The van der Waals surface area contributed by atoms with Crippen molar-refractivity contribution in [2.45, 2.75) is 45.3 Å². The van der Waals surface area contributed by atoms with Gasteiger partial charge in [0, 0.05) is 36.8 Å². The van der Waals surface area contributed by atoms with Gasteiger partial charge in [0.15, 0.2) is 0 Å². The average Bonchev–Trinajstić information content (AvgIpc) is 2.56. The highest BCUT2D eigenvalue weighted by Gasteiger charge is 2.24. The lowest BCUT2D eigenvalue weighted by Gasteiger charge is -2.30. The second-order valence-electron chi connectivity index (χ2n) is 6.50. The van der Waals surface area contributed by atoms with Crippen LogP contribution in [0.2, 0.25) is 0 Å². The third-order valence-electron chi connectivity index (χ3n) is 4.03. The Kier molecular flexibility index (Phi) is 5.18. The topological polar surface area (TPSA) is 59.9 Å². The highest BCUT2D eigenvalue weighted by molar-refractivity contribution is 5.36. The van der Waals surface area contributed by atoms with E-state index in [0.29, 0.717) is 12.0 Å². The minimum Gasteiger partial charge on any atom is -0.373 e. The van der Waals surface area contributed by atoms with Crippen molar-refractivity contribution in [3.63, 3.8) is 0 Å². The fourth-order valence-electron chi connectivity index (χ4n) is 2.94. The number of nitrogens with one attached hydrogen (secondary N) is 1. The van der Waals surface area contributed by atoms with Crippen LogP contribution in [0.15, 0.2) is 36.9 Å². The van der Waals surface area contributed by atoms with Crippen LogP contribution in [0.25, 0.3) is 0 Å². The molecule has 0 aromatic carbocycles. The van der Waals surface area contributed by atoms with Crippen molar-refractivity contribution in [3.8, 4) is 0 Å². The number of anilines is 1. The molecule has 2 aromatic rings.